The lowest BCUT2D eigenvalue weighted by Crippen LogP contribution is -2.46. The Hall–Kier alpha value is -2.37. The van der Waals surface area contributed by atoms with E-state index in [1.165, 1.54) is 11.1 Å². The smallest absolute Gasteiger partial charge is 0.219 e. The average Bonchev–Trinajstić information content (AvgIpc) is 2.61. The molecule has 1 aromatic heterocycles. The first-order valence-electron chi connectivity index (χ1n) is 9.60. The summed E-state index contributed by atoms with van der Waals surface area (Å²) in [4.78, 5) is 4.75. The van der Waals surface area contributed by atoms with Gasteiger partial charge in [-0.2, -0.15) is 0 Å². The summed E-state index contributed by atoms with van der Waals surface area (Å²) in [7, 11) is 0. The largest absolute Gasteiger partial charge is 0.439 e. The number of piperidine rings is 1. The number of nitrogens with two attached hydrogens (primary N) is 1. The van der Waals surface area contributed by atoms with Gasteiger partial charge >= 0.3 is 0 Å². The molecule has 5 nitrogen and oxygen atoms in total. The Morgan fingerprint density at radius 3 is 2.41 bits per heavy atom. The van der Waals surface area contributed by atoms with Crippen LogP contribution >= 0.6 is 0 Å². The van der Waals surface area contributed by atoms with E-state index in [0.717, 1.165) is 48.6 Å². The van der Waals surface area contributed by atoms with E-state index in [4.69, 9.17) is 15.6 Å². The van der Waals surface area contributed by atoms with Gasteiger partial charge in [0.15, 0.2) is 0 Å². The van der Waals surface area contributed by atoms with Gasteiger partial charge in [0.1, 0.15) is 5.75 Å². The minimum atomic E-state index is 0.321. The Bertz CT molecular complexity index is 801. The number of allylic oxidation sites excluding steroid dienone is 1. The van der Waals surface area contributed by atoms with Crippen molar-refractivity contribution >= 4 is 5.70 Å². The van der Waals surface area contributed by atoms with Gasteiger partial charge in [-0.15, -0.1) is 0 Å². The van der Waals surface area contributed by atoms with E-state index >= 15 is 0 Å². The van der Waals surface area contributed by atoms with Gasteiger partial charge in [0.05, 0.1) is 11.4 Å². The molecule has 1 aliphatic rings. The molecule has 3 rings (SSSR count). The van der Waals surface area contributed by atoms with Crippen LogP contribution in [0.3, 0.4) is 0 Å². The summed E-state index contributed by atoms with van der Waals surface area (Å²) in [5.41, 5.74) is 5.31. The third-order valence-electron chi connectivity index (χ3n) is 4.82. The molecule has 3 N–H and O–H groups in total. The Morgan fingerprint density at radius 1 is 1.11 bits per heavy atom. The second-order valence-corrected chi connectivity index (χ2v) is 7.52. The van der Waals surface area contributed by atoms with Crippen molar-refractivity contribution in [2.45, 2.75) is 46.6 Å². The first-order valence-corrected chi connectivity index (χ1v) is 9.60. The van der Waals surface area contributed by atoms with Gasteiger partial charge in [0.2, 0.25) is 5.88 Å². The normalized spacial score (nSPS) is 14.7. The first kappa shape index (κ1) is 19.4. The molecule has 0 bridgehead atoms. The van der Waals surface area contributed by atoms with E-state index in [1.807, 2.05) is 35.3 Å². The lowest BCUT2D eigenvalue weighted by molar-refractivity contribution is 0.242. The first-order chi connectivity index (χ1) is 12.9. The van der Waals surface area contributed by atoms with Crippen molar-refractivity contribution in [3.05, 3.63) is 58.8 Å². The lowest BCUT2D eigenvalue weighted by Gasteiger charge is -2.34. The third-order valence-corrected chi connectivity index (χ3v) is 4.82. The zero-order valence-corrected chi connectivity index (χ0v) is 16.7. The number of benzene rings is 1. The lowest BCUT2D eigenvalue weighted by atomic mass is 10.0. The van der Waals surface area contributed by atoms with Crippen LogP contribution in [-0.4, -0.2) is 29.1 Å². The molecule has 0 spiro atoms. The van der Waals surface area contributed by atoms with Gasteiger partial charge in [0, 0.05) is 12.1 Å². The fraction of sp³-hybridized carbons (Fsp3) is 0.409. The van der Waals surface area contributed by atoms with Gasteiger partial charge < -0.3 is 15.1 Å². The van der Waals surface area contributed by atoms with Crippen LogP contribution in [0.4, 0.5) is 0 Å². The minimum absolute atomic E-state index is 0.321. The predicted molar refractivity (Wildman–Crippen MR) is 110 cm³/mol. The SMILES string of the molecule is CC(C)=C(c1cccc(Oc2cc(C)cc(C)c2)n1)N(N)C1CCNCC1. The van der Waals surface area contributed by atoms with Gasteiger partial charge in [-0.3, -0.25) is 0 Å². The highest BCUT2D eigenvalue weighted by Gasteiger charge is 2.23. The van der Waals surface area contributed by atoms with Gasteiger partial charge in [-0.05, 0) is 88.5 Å². The number of pyridine rings is 1. The molecule has 0 atom stereocenters. The number of nitrogens with one attached hydrogen (secondary N) is 1. The number of rotatable bonds is 5. The van der Waals surface area contributed by atoms with Crippen LogP contribution in [0.2, 0.25) is 0 Å². The topological polar surface area (TPSA) is 63.4 Å². The molecule has 2 aromatic rings. The van der Waals surface area contributed by atoms with Gasteiger partial charge in [0.25, 0.3) is 0 Å². The molecule has 0 amide bonds. The van der Waals surface area contributed by atoms with E-state index in [1.54, 1.807) is 0 Å². The molecular formula is C22H30N4O. The summed E-state index contributed by atoms with van der Waals surface area (Å²) in [5.74, 6) is 7.92. The molecule has 1 saturated heterocycles. The molecule has 1 aliphatic heterocycles. The van der Waals surface area contributed by atoms with Crippen LogP contribution in [0, 0.1) is 13.8 Å². The van der Waals surface area contributed by atoms with E-state index < -0.39 is 0 Å². The summed E-state index contributed by atoms with van der Waals surface area (Å²) in [5, 5.41) is 5.29. The fourth-order valence-electron chi connectivity index (χ4n) is 3.63. The maximum atomic E-state index is 6.53. The monoisotopic (exact) mass is 366 g/mol. The maximum absolute atomic E-state index is 6.53. The van der Waals surface area contributed by atoms with Crippen LogP contribution < -0.4 is 15.9 Å². The second kappa shape index (κ2) is 8.55. The van der Waals surface area contributed by atoms with E-state index in [-0.39, 0.29) is 0 Å². The van der Waals surface area contributed by atoms with Crippen molar-refractivity contribution in [1.29, 1.82) is 0 Å². The molecular weight excluding hydrogens is 336 g/mol. The molecule has 1 aromatic carbocycles. The number of ether oxygens (including phenoxy) is 1. The number of nitrogens with zero attached hydrogens (tertiary/aromatic N) is 2. The van der Waals surface area contributed by atoms with Crippen molar-refractivity contribution in [2.24, 2.45) is 5.84 Å². The van der Waals surface area contributed by atoms with Crippen molar-refractivity contribution in [3.8, 4) is 11.6 Å². The number of hydrazine groups is 1. The number of hydrogen-bond acceptors (Lipinski definition) is 5. The second-order valence-electron chi connectivity index (χ2n) is 7.52. The van der Waals surface area contributed by atoms with Crippen molar-refractivity contribution in [2.75, 3.05) is 13.1 Å². The molecule has 144 valence electrons. The van der Waals surface area contributed by atoms with Crippen LogP contribution in [0.15, 0.2) is 42.0 Å². The van der Waals surface area contributed by atoms with Gasteiger partial charge in [-0.25, -0.2) is 10.8 Å². The number of aromatic nitrogens is 1. The van der Waals surface area contributed by atoms with E-state index in [0.29, 0.717) is 11.9 Å². The summed E-state index contributed by atoms with van der Waals surface area (Å²) < 4.78 is 6.03. The Kier molecular flexibility index (Phi) is 6.14. The molecule has 2 heterocycles. The molecule has 0 unspecified atom stereocenters. The average molecular weight is 367 g/mol. The summed E-state index contributed by atoms with van der Waals surface area (Å²) in [6, 6.07) is 12.3. The molecule has 1 fully saturated rings. The number of aryl methyl sites for hydroxylation is 2. The van der Waals surface area contributed by atoms with Crippen LogP contribution in [-0.2, 0) is 0 Å². The highest BCUT2D eigenvalue weighted by molar-refractivity contribution is 5.64. The zero-order valence-electron chi connectivity index (χ0n) is 16.7. The predicted octanol–water partition coefficient (Wildman–Crippen LogP) is 4.17. The molecule has 5 heteroatoms. The minimum Gasteiger partial charge on any atom is -0.439 e. The zero-order chi connectivity index (χ0) is 19.4. The highest BCUT2D eigenvalue weighted by atomic mass is 16.5. The van der Waals surface area contributed by atoms with Crippen molar-refractivity contribution in [1.82, 2.24) is 15.3 Å². The molecule has 0 aliphatic carbocycles. The van der Waals surface area contributed by atoms with Gasteiger partial charge in [-0.1, -0.05) is 12.1 Å². The molecule has 0 radical (unpaired) electrons. The molecule has 0 saturated carbocycles. The van der Waals surface area contributed by atoms with Crippen molar-refractivity contribution in [3.63, 3.8) is 0 Å². The quantitative estimate of drug-likeness (QED) is 0.614. The summed E-state index contributed by atoms with van der Waals surface area (Å²) in [6.07, 6.45) is 2.07. The Morgan fingerprint density at radius 2 is 1.78 bits per heavy atom. The number of hydrogen-bond donors (Lipinski definition) is 2. The third kappa shape index (κ3) is 4.87. The fourth-order valence-corrected chi connectivity index (χ4v) is 3.63. The van der Waals surface area contributed by atoms with E-state index in [2.05, 4.69) is 39.1 Å². The van der Waals surface area contributed by atoms with E-state index in [9.17, 15) is 0 Å². The summed E-state index contributed by atoms with van der Waals surface area (Å²) >= 11 is 0. The van der Waals surface area contributed by atoms with Crippen LogP contribution in [0.5, 0.6) is 11.6 Å². The van der Waals surface area contributed by atoms with Crippen LogP contribution in [0.1, 0.15) is 43.5 Å². The molecule has 27 heavy (non-hydrogen) atoms. The Labute approximate surface area is 162 Å². The standard InChI is InChI=1S/C22H30N4O/c1-15(2)22(26(23)18-8-10-24-11-9-18)20-6-5-7-21(25-20)27-19-13-16(3)12-17(4)14-19/h5-7,12-14,18,24H,8-11,23H2,1-4H3. The Balaban J connectivity index is 1.86. The van der Waals surface area contributed by atoms with Crippen molar-refractivity contribution < 1.29 is 4.74 Å². The summed E-state index contributed by atoms with van der Waals surface area (Å²) in [6.45, 7) is 10.3. The highest BCUT2D eigenvalue weighted by Crippen LogP contribution is 2.27. The maximum Gasteiger partial charge on any atom is 0.219 e. The van der Waals surface area contributed by atoms with Crippen LogP contribution in [0.25, 0.3) is 5.70 Å².